The third-order valence-electron chi connectivity index (χ3n) is 4.85. The van der Waals surface area contributed by atoms with E-state index in [-0.39, 0.29) is 23.0 Å². The average Bonchev–Trinajstić information content (AvgIpc) is 3.32. The SMILES string of the molecule is O=C(CNC(=O)c1ccc(Cl)cc1Cl)NCc1ccc(-c2nc(-c3ccccc3)cs2)cc1. The lowest BCUT2D eigenvalue weighted by Crippen LogP contribution is -2.36. The minimum Gasteiger partial charge on any atom is -0.350 e. The second-order valence-electron chi connectivity index (χ2n) is 7.18. The molecule has 0 spiro atoms. The summed E-state index contributed by atoms with van der Waals surface area (Å²) in [5.41, 5.74) is 4.27. The fraction of sp³-hybridized carbons (Fsp3) is 0.0800. The zero-order chi connectivity index (χ0) is 23.2. The highest BCUT2D eigenvalue weighted by Gasteiger charge is 2.12. The lowest BCUT2D eigenvalue weighted by atomic mass is 10.1. The molecule has 4 rings (SSSR count). The van der Waals surface area contributed by atoms with Gasteiger partial charge in [0.1, 0.15) is 5.01 Å². The average molecular weight is 496 g/mol. The first-order chi connectivity index (χ1) is 16.0. The van der Waals surface area contributed by atoms with Crippen LogP contribution in [-0.4, -0.2) is 23.3 Å². The van der Waals surface area contributed by atoms with Gasteiger partial charge in [-0.05, 0) is 23.8 Å². The van der Waals surface area contributed by atoms with Gasteiger partial charge in [0.05, 0.1) is 22.8 Å². The molecule has 8 heteroatoms. The van der Waals surface area contributed by atoms with E-state index in [2.05, 4.69) is 10.6 Å². The monoisotopic (exact) mass is 495 g/mol. The van der Waals surface area contributed by atoms with Crippen LogP contribution in [0.5, 0.6) is 0 Å². The number of nitrogens with one attached hydrogen (secondary N) is 2. The molecule has 1 aromatic heterocycles. The second-order valence-corrected chi connectivity index (χ2v) is 8.89. The molecular formula is C25H19Cl2N3O2S. The number of aromatic nitrogens is 1. The lowest BCUT2D eigenvalue weighted by molar-refractivity contribution is -0.120. The molecule has 0 bridgehead atoms. The molecule has 33 heavy (non-hydrogen) atoms. The number of thiazole rings is 1. The number of carbonyl (C=O) groups excluding carboxylic acids is 2. The van der Waals surface area contributed by atoms with Gasteiger partial charge in [-0.1, -0.05) is 77.8 Å². The first kappa shape index (κ1) is 23.0. The van der Waals surface area contributed by atoms with Crippen LogP contribution >= 0.6 is 34.5 Å². The number of halogens is 2. The van der Waals surface area contributed by atoms with Crippen LogP contribution in [0.1, 0.15) is 15.9 Å². The smallest absolute Gasteiger partial charge is 0.253 e. The maximum atomic E-state index is 12.2. The van der Waals surface area contributed by atoms with Crippen LogP contribution in [0, 0.1) is 0 Å². The van der Waals surface area contributed by atoms with E-state index in [4.69, 9.17) is 28.2 Å². The Kier molecular flexibility index (Phi) is 7.40. The van der Waals surface area contributed by atoms with E-state index in [0.717, 1.165) is 27.4 Å². The molecule has 0 saturated carbocycles. The topological polar surface area (TPSA) is 71.1 Å². The highest BCUT2D eigenvalue weighted by molar-refractivity contribution is 7.13. The van der Waals surface area contributed by atoms with Gasteiger partial charge < -0.3 is 10.6 Å². The Morgan fingerprint density at radius 3 is 2.36 bits per heavy atom. The van der Waals surface area contributed by atoms with Crippen LogP contribution in [-0.2, 0) is 11.3 Å². The molecule has 2 N–H and O–H groups in total. The summed E-state index contributed by atoms with van der Waals surface area (Å²) in [6, 6.07) is 22.5. The number of rotatable bonds is 7. The fourth-order valence-electron chi connectivity index (χ4n) is 3.11. The molecule has 0 aliphatic carbocycles. The number of hydrogen-bond donors (Lipinski definition) is 2. The van der Waals surface area contributed by atoms with Crippen molar-refractivity contribution >= 4 is 46.4 Å². The van der Waals surface area contributed by atoms with Crippen molar-refractivity contribution in [2.75, 3.05) is 6.54 Å². The van der Waals surface area contributed by atoms with Gasteiger partial charge in [-0.3, -0.25) is 9.59 Å². The summed E-state index contributed by atoms with van der Waals surface area (Å²) in [7, 11) is 0. The van der Waals surface area contributed by atoms with Crippen molar-refractivity contribution in [2.24, 2.45) is 0 Å². The normalized spacial score (nSPS) is 10.6. The highest BCUT2D eigenvalue weighted by Crippen LogP contribution is 2.29. The predicted octanol–water partition coefficient (Wildman–Crippen LogP) is 5.83. The van der Waals surface area contributed by atoms with Crippen LogP contribution in [0.25, 0.3) is 21.8 Å². The maximum absolute atomic E-state index is 12.2. The standard InChI is InChI=1S/C25H19Cl2N3O2S/c26-19-10-11-20(21(27)12-19)24(32)29-14-23(31)28-13-16-6-8-18(9-7-16)25-30-22(15-33-25)17-4-2-1-3-5-17/h1-12,15H,13-14H2,(H,28,31)(H,29,32). The van der Waals surface area contributed by atoms with Gasteiger partial charge in [0.15, 0.2) is 0 Å². The summed E-state index contributed by atoms with van der Waals surface area (Å²) in [5, 5.41) is 9.00. The molecule has 4 aromatic rings. The summed E-state index contributed by atoms with van der Waals surface area (Å²) >= 11 is 13.5. The molecule has 0 radical (unpaired) electrons. The van der Waals surface area contributed by atoms with Gasteiger partial charge in [-0.2, -0.15) is 0 Å². The van der Waals surface area contributed by atoms with Crippen LogP contribution in [0.4, 0.5) is 0 Å². The maximum Gasteiger partial charge on any atom is 0.253 e. The molecule has 0 aliphatic rings. The first-order valence-corrected chi connectivity index (χ1v) is 11.7. The van der Waals surface area contributed by atoms with Gasteiger partial charge in [0.25, 0.3) is 5.91 Å². The molecular weight excluding hydrogens is 477 g/mol. The van der Waals surface area contributed by atoms with E-state index < -0.39 is 5.91 Å². The molecule has 3 aromatic carbocycles. The molecule has 0 saturated heterocycles. The van der Waals surface area contributed by atoms with E-state index in [9.17, 15) is 9.59 Å². The number of nitrogens with zero attached hydrogens (tertiary/aromatic N) is 1. The fourth-order valence-corrected chi connectivity index (χ4v) is 4.44. The number of carbonyl (C=O) groups is 2. The Balaban J connectivity index is 1.28. The summed E-state index contributed by atoms with van der Waals surface area (Å²) in [4.78, 5) is 29.0. The van der Waals surface area contributed by atoms with Gasteiger partial charge in [-0.15, -0.1) is 11.3 Å². The van der Waals surface area contributed by atoms with Crippen molar-refractivity contribution in [1.82, 2.24) is 15.6 Å². The molecule has 0 unspecified atom stereocenters. The minimum absolute atomic E-state index is 0.156. The van der Waals surface area contributed by atoms with Gasteiger partial charge in [0.2, 0.25) is 5.91 Å². The van der Waals surface area contributed by atoms with Crippen LogP contribution in [0.15, 0.2) is 78.2 Å². The van der Waals surface area contributed by atoms with E-state index in [1.165, 1.54) is 12.1 Å². The van der Waals surface area contributed by atoms with E-state index in [1.54, 1.807) is 17.4 Å². The van der Waals surface area contributed by atoms with Crippen molar-refractivity contribution < 1.29 is 9.59 Å². The molecule has 0 aliphatic heterocycles. The zero-order valence-corrected chi connectivity index (χ0v) is 19.7. The van der Waals surface area contributed by atoms with Gasteiger partial charge >= 0.3 is 0 Å². The lowest BCUT2D eigenvalue weighted by Gasteiger charge is -2.08. The third-order valence-corrected chi connectivity index (χ3v) is 6.29. The zero-order valence-electron chi connectivity index (χ0n) is 17.3. The Morgan fingerprint density at radius 1 is 0.879 bits per heavy atom. The third kappa shape index (κ3) is 5.99. The minimum atomic E-state index is -0.436. The van der Waals surface area contributed by atoms with Gasteiger partial charge in [-0.25, -0.2) is 4.98 Å². The molecule has 0 fully saturated rings. The van der Waals surface area contributed by atoms with E-state index in [0.29, 0.717) is 11.6 Å². The second kappa shape index (κ2) is 10.6. The first-order valence-electron chi connectivity index (χ1n) is 10.1. The highest BCUT2D eigenvalue weighted by atomic mass is 35.5. The van der Waals surface area contributed by atoms with Crippen molar-refractivity contribution in [3.05, 3.63) is 99.3 Å². The van der Waals surface area contributed by atoms with Crippen molar-refractivity contribution in [3.8, 4) is 21.8 Å². The quantitative estimate of drug-likeness (QED) is 0.338. The van der Waals surface area contributed by atoms with Crippen molar-refractivity contribution in [1.29, 1.82) is 0 Å². The Bertz CT molecular complexity index is 1270. The van der Waals surface area contributed by atoms with Crippen LogP contribution in [0.2, 0.25) is 10.0 Å². The molecule has 166 valence electrons. The van der Waals surface area contributed by atoms with Crippen molar-refractivity contribution in [3.63, 3.8) is 0 Å². The predicted molar refractivity (Wildman–Crippen MR) is 134 cm³/mol. The number of hydrogen-bond acceptors (Lipinski definition) is 4. The van der Waals surface area contributed by atoms with Crippen LogP contribution < -0.4 is 10.6 Å². The van der Waals surface area contributed by atoms with E-state index in [1.807, 2.05) is 60.0 Å². The largest absolute Gasteiger partial charge is 0.350 e. The number of benzene rings is 3. The van der Waals surface area contributed by atoms with Crippen LogP contribution in [0.3, 0.4) is 0 Å². The molecule has 0 atom stereocenters. The molecule has 2 amide bonds. The van der Waals surface area contributed by atoms with Gasteiger partial charge in [0, 0.05) is 28.1 Å². The Morgan fingerprint density at radius 2 is 1.64 bits per heavy atom. The molecule has 5 nitrogen and oxygen atoms in total. The summed E-state index contributed by atoms with van der Waals surface area (Å²) < 4.78 is 0. The Labute approximate surface area is 205 Å². The number of amides is 2. The van der Waals surface area contributed by atoms with E-state index >= 15 is 0 Å². The molecule has 1 heterocycles. The Hall–Kier alpha value is -3.19. The van der Waals surface area contributed by atoms with Crippen molar-refractivity contribution in [2.45, 2.75) is 6.54 Å². The summed E-state index contributed by atoms with van der Waals surface area (Å²) in [6.45, 7) is 0.196. The summed E-state index contributed by atoms with van der Waals surface area (Å²) in [6.07, 6.45) is 0. The summed E-state index contributed by atoms with van der Waals surface area (Å²) in [5.74, 6) is -0.737.